The van der Waals surface area contributed by atoms with Crippen LogP contribution in [0.1, 0.15) is 17.5 Å². The summed E-state index contributed by atoms with van der Waals surface area (Å²) in [7, 11) is -4.29. The summed E-state index contributed by atoms with van der Waals surface area (Å²) in [5.74, 6) is -1.01. The van der Waals surface area contributed by atoms with E-state index < -0.39 is 21.4 Å². The number of anilines is 2. The molecule has 1 heterocycles. The normalized spacial score (nSPS) is 10.9. The third-order valence-corrected chi connectivity index (χ3v) is 4.08. The topological polar surface area (TPSA) is 175 Å². The Morgan fingerprint density at radius 2 is 1.73 bits per heavy atom. The van der Waals surface area contributed by atoms with E-state index in [9.17, 15) is 18.3 Å². The Balaban J connectivity index is 0.000000350. The minimum Gasteiger partial charge on any atom is -0.494 e. The van der Waals surface area contributed by atoms with Crippen molar-refractivity contribution in [1.29, 1.82) is 0 Å². The van der Waals surface area contributed by atoms with Crippen molar-refractivity contribution in [1.82, 2.24) is 4.57 Å². The van der Waals surface area contributed by atoms with Crippen LogP contribution in [0, 0.1) is 6.92 Å². The van der Waals surface area contributed by atoms with Crippen LogP contribution >= 0.6 is 0 Å². The van der Waals surface area contributed by atoms with Crippen LogP contribution in [0.3, 0.4) is 0 Å². The Kier molecular flexibility index (Phi) is 7.62. The first-order valence-electron chi connectivity index (χ1n) is 7.73. The summed E-state index contributed by atoms with van der Waals surface area (Å²) in [5.41, 5.74) is 17.1. The number of hydrogen-bond acceptors (Lipinski definition) is 7. The number of nitrogen functional groups attached to an aromatic ring is 2. The fourth-order valence-electron chi connectivity index (χ4n) is 2.18. The Morgan fingerprint density at radius 1 is 1.15 bits per heavy atom. The summed E-state index contributed by atoms with van der Waals surface area (Å²) in [6.07, 6.45) is 0.474. The van der Waals surface area contributed by atoms with Crippen LogP contribution in [0.4, 0.5) is 11.4 Å². The third kappa shape index (κ3) is 6.75. The van der Waals surface area contributed by atoms with Gasteiger partial charge in [-0.05, 0) is 43.7 Å². The number of aryl methyl sites for hydroxylation is 1. The van der Waals surface area contributed by atoms with Gasteiger partial charge in [0.1, 0.15) is 5.75 Å². The van der Waals surface area contributed by atoms with Crippen LogP contribution < -0.4 is 22.8 Å². The average molecular weight is 384 g/mol. The highest BCUT2D eigenvalue weighted by atomic mass is 32.2. The molecule has 0 fully saturated rings. The number of pyridine rings is 1. The molecule has 0 aliphatic rings. The van der Waals surface area contributed by atoms with Gasteiger partial charge in [0.15, 0.2) is 5.88 Å². The van der Waals surface area contributed by atoms with E-state index in [0.717, 1.165) is 4.57 Å². The first-order chi connectivity index (χ1) is 12.0. The molecular formula is C16H24N4O5S. The zero-order chi connectivity index (χ0) is 19.9. The Morgan fingerprint density at radius 3 is 2.15 bits per heavy atom. The van der Waals surface area contributed by atoms with Crippen molar-refractivity contribution in [3.05, 3.63) is 51.8 Å². The molecule has 0 saturated heterocycles. The van der Waals surface area contributed by atoms with Crippen LogP contribution in [0.2, 0.25) is 0 Å². The summed E-state index contributed by atoms with van der Waals surface area (Å²) in [6, 6.07) is 8.44. The lowest BCUT2D eigenvalue weighted by molar-refractivity contribution is 0.401. The lowest BCUT2D eigenvalue weighted by atomic mass is 10.2. The van der Waals surface area contributed by atoms with Crippen molar-refractivity contribution >= 4 is 21.5 Å². The van der Waals surface area contributed by atoms with Crippen LogP contribution in [0.5, 0.6) is 5.88 Å². The molecule has 144 valence electrons. The van der Waals surface area contributed by atoms with Crippen LogP contribution in [-0.2, 0) is 22.4 Å². The summed E-state index contributed by atoms with van der Waals surface area (Å²) in [4.78, 5) is 12.0. The second-order valence-electron chi connectivity index (χ2n) is 5.66. The van der Waals surface area contributed by atoms with E-state index in [-0.39, 0.29) is 18.0 Å². The molecular weight excluding hydrogens is 360 g/mol. The molecule has 26 heavy (non-hydrogen) atoms. The lowest BCUT2D eigenvalue weighted by Crippen LogP contribution is -2.27. The zero-order valence-corrected chi connectivity index (χ0v) is 15.2. The maximum atomic E-state index is 12.0. The van der Waals surface area contributed by atoms with Gasteiger partial charge in [0.2, 0.25) is 0 Å². The minimum atomic E-state index is -4.29. The predicted octanol–water partition coefficient (Wildman–Crippen LogP) is 0.450. The number of nitrogens with two attached hydrogens (primary N) is 3. The van der Waals surface area contributed by atoms with Gasteiger partial charge in [0.25, 0.3) is 15.7 Å². The van der Waals surface area contributed by atoms with E-state index in [0.29, 0.717) is 29.9 Å². The number of hydrogen-bond donors (Lipinski definition) is 5. The van der Waals surface area contributed by atoms with E-state index in [1.54, 1.807) is 18.2 Å². The fraction of sp³-hybridized carbons (Fsp3) is 0.312. The van der Waals surface area contributed by atoms with Gasteiger partial charge in [0.05, 0.1) is 0 Å². The van der Waals surface area contributed by atoms with E-state index in [2.05, 4.69) is 0 Å². The summed E-state index contributed by atoms with van der Waals surface area (Å²) < 4.78 is 31.5. The molecule has 2 rings (SSSR count). The Hall–Kier alpha value is -2.56. The van der Waals surface area contributed by atoms with Gasteiger partial charge in [-0.25, -0.2) is 0 Å². The van der Waals surface area contributed by atoms with Crippen molar-refractivity contribution < 1.29 is 18.1 Å². The van der Waals surface area contributed by atoms with Gasteiger partial charge in [-0.1, -0.05) is 6.07 Å². The molecule has 9 nitrogen and oxygen atoms in total. The fourth-order valence-corrected chi connectivity index (χ4v) is 2.89. The van der Waals surface area contributed by atoms with Crippen molar-refractivity contribution in [2.24, 2.45) is 5.73 Å². The molecule has 0 spiro atoms. The molecule has 1 aromatic heterocycles. The van der Waals surface area contributed by atoms with Gasteiger partial charge in [-0.2, -0.15) is 8.42 Å². The monoisotopic (exact) mass is 384 g/mol. The summed E-state index contributed by atoms with van der Waals surface area (Å²) >= 11 is 0. The maximum Gasteiger partial charge on any atom is 0.269 e. The summed E-state index contributed by atoms with van der Waals surface area (Å²) in [6.45, 7) is 2.03. The summed E-state index contributed by atoms with van der Waals surface area (Å²) in [5, 5.41) is 9.63. The molecule has 8 N–H and O–H groups in total. The molecule has 0 saturated carbocycles. The molecule has 1 aromatic carbocycles. The highest BCUT2D eigenvalue weighted by molar-refractivity contribution is 7.85. The van der Waals surface area contributed by atoms with Gasteiger partial charge in [0, 0.05) is 29.5 Å². The number of nitrogens with zero attached hydrogens (tertiary/aromatic N) is 1. The average Bonchev–Trinajstić information content (AvgIpc) is 2.51. The van der Waals surface area contributed by atoms with E-state index >= 15 is 0 Å². The largest absolute Gasteiger partial charge is 0.494 e. The third-order valence-electron chi connectivity index (χ3n) is 3.42. The van der Waals surface area contributed by atoms with Gasteiger partial charge in [-0.15, -0.1) is 0 Å². The standard InChI is InChI=1S/C10H16N2O5S.C6H8N2/c1-7-5-9(13)12(4-2-3-11)10(14)8(7)6-18(15,16)17;7-5-2-1-3-6(8)4-5/h5,13H,2-4,6,11H2,1H3,(H,15,16,17);1-4H,7-8H2. The maximum absolute atomic E-state index is 12.0. The van der Waals surface area contributed by atoms with Gasteiger partial charge in [-0.3, -0.25) is 13.9 Å². The SMILES string of the molecule is Cc1cc(O)n(CCCN)c(=O)c1CS(=O)(=O)O.Nc1cccc(N)c1. The van der Waals surface area contributed by atoms with Crippen molar-refractivity contribution in [2.45, 2.75) is 25.6 Å². The molecule has 0 unspecified atom stereocenters. The molecule has 0 aliphatic carbocycles. The van der Waals surface area contributed by atoms with E-state index in [4.69, 9.17) is 21.8 Å². The smallest absolute Gasteiger partial charge is 0.269 e. The number of benzene rings is 1. The second-order valence-corrected chi connectivity index (χ2v) is 7.11. The highest BCUT2D eigenvalue weighted by Crippen LogP contribution is 2.14. The predicted molar refractivity (Wildman–Crippen MR) is 101 cm³/mol. The van der Waals surface area contributed by atoms with Crippen molar-refractivity contribution in [3.8, 4) is 5.88 Å². The van der Waals surface area contributed by atoms with Crippen LogP contribution in [0.25, 0.3) is 0 Å². The van der Waals surface area contributed by atoms with Crippen LogP contribution in [0.15, 0.2) is 35.1 Å². The van der Waals surface area contributed by atoms with Gasteiger partial charge >= 0.3 is 0 Å². The first kappa shape index (κ1) is 21.5. The molecule has 2 aromatic rings. The number of rotatable bonds is 5. The molecule has 0 radical (unpaired) electrons. The number of aromatic nitrogens is 1. The molecule has 10 heteroatoms. The lowest BCUT2D eigenvalue weighted by Gasteiger charge is -2.12. The molecule has 0 atom stereocenters. The molecule has 0 aliphatic heterocycles. The van der Waals surface area contributed by atoms with Crippen molar-refractivity contribution in [3.63, 3.8) is 0 Å². The quantitative estimate of drug-likeness (QED) is 0.364. The Labute approximate surface area is 151 Å². The second kappa shape index (κ2) is 9.22. The molecule has 0 amide bonds. The van der Waals surface area contributed by atoms with E-state index in [1.807, 2.05) is 6.07 Å². The number of aromatic hydroxyl groups is 1. The van der Waals surface area contributed by atoms with Gasteiger partial charge < -0.3 is 22.3 Å². The van der Waals surface area contributed by atoms with Crippen molar-refractivity contribution in [2.75, 3.05) is 18.0 Å². The highest BCUT2D eigenvalue weighted by Gasteiger charge is 2.17. The van der Waals surface area contributed by atoms with Crippen LogP contribution in [-0.4, -0.2) is 29.2 Å². The van der Waals surface area contributed by atoms with E-state index in [1.165, 1.54) is 13.0 Å². The molecule has 0 bridgehead atoms. The zero-order valence-electron chi connectivity index (χ0n) is 14.4. The first-order valence-corrected chi connectivity index (χ1v) is 9.34. The Bertz CT molecular complexity index is 892. The minimum absolute atomic E-state index is 0.0488.